The van der Waals surface area contributed by atoms with Crippen LogP contribution in [0, 0.1) is 0 Å². The molecule has 6 nitrogen and oxygen atoms in total. The van der Waals surface area contributed by atoms with Gasteiger partial charge >= 0.3 is 0 Å². The van der Waals surface area contributed by atoms with E-state index < -0.39 is 21.5 Å². The normalized spacial score (nSPS) is 11.6. The summed E-state index contributed by atoms with van der Waals surface area (Å²) in [6.07, 6.45) is 0. The zero-order chi connectivity index (χ0) is 17.9. The number of benzene rings is 2. The lowest BCUT2D eigenvalue weighted by Gasteiger charge is -2.06. The fraction of sp³-hybridized carbons (Fsp3) is 0.188. The molecular formula is C16H15N3O3S3. The van der Waals surface area contributed by atoms with Gasteiger partial charge < -0.3 is 0 Å². The van der Waals surface area contributed by atoms with Crippen LogP contribution in [0.4, 0.5) is 5.13 Å². The maximum atomic E-state index is 12.5. The van der Waals surface area contributed by atoms with Gasteiger partial charge in [0.1, 0.15) is 5.75 Å². The quantitative estimate of drug-likeness (QED) is 0.511. The minimum Gasteiger partial charge on any atom is -0.300 e. The van der Waals surface area contributed by atoms with Gasteiger partial charge in [0, 0.05) is 0 Å². The number of carbonyl (C=O) groups is 1. The van der Waals surface area contributed by atoms with Gasteiger partial charge in [0.2, 0.25) is 11.0 Å². The standard InChI is InChI=1S/C16H15N3O3S3/c1-2-23-16-19-18-15(24-16)17-14(20)10-25(21,22)13-8-7-11-5-3-4-6-12(11)9-13/h3-9H,2,10H2,1H3,(H,17,18,20). The van der Waals surface area contributed by atoms with Crippen molar-refractivity contribution in [1.29, 1.82) is 0 Å². The molecule has 1 amide bonds. The summed E-state index contributed by atoms with van der Waals surface area (Å²) >= 11 is 2.73. The van der Waals surface area contributed by atoms with E-state index in [0.29, 0.717) is 5.13 Å². The number of carbonyl (C=O) groups excluding carboxylic acids is 1. The van der Waals surface area contributed by atoms with Crippen molar-refractivity contribution in [2.24, 2.45) is 0 Å². The third kappa shape index (κ3) is 4.36. The monoisotopic (exact) mass is 393 g/mol. The minimum absolute atomic E-state index is 0.126. The summed E-state index contributed by atoms with van der Waals surface area (Å²) in [6.45, 7) is 1.99. The number of aromatic nitrogens is 2. The molecule has 130 valence electrons. The van der Waals surface area contributed by atoms with E-state index in [0.717, 1.165) is 20.9 Å². The maximum absolute atomic E-state index is 12.5. The number of amides is 1. The number of hydrogen-bond donors (Lipinski definition) is 1. The van der Waals surface area contributed by atoms with Crippen molar-refractivity contribution >= 4 is 54.7 Å². The summed E-state index contributed by atoms with van der Waals surface area (Å²) in [4.78, 5) is 12.2. The first kappa shape index (κ1) is 17.8. The lowest BCUT2D eigenvalue weighted by molar-refractivity contribution is -0.113. The Bertz CT molecular complexity index is 1020. The third-order valence-corrected chi connectivity index (χ3v) is 6.79. The summed E-state index contributed by atoms with van der Waals surface area (Å²) in [7, 11) is -3.74. The van der Waals surface area contributed by atoms with E-state index in [1.54, 1.807) is 12.1 Å². The highest BCUT2D eigenvalue weighted by atomic mass is 32.2. The van der Waals surface area contributed by atoms with Crippen LogP contribution < -0.4 is 5.32 Å². The third-order valence-electron chi connectivity index (χ3n) is 3.32. The zero-order valence-electron chi connectivity index (χ0n) is 13.3. The predicted molar refractivity (Wildman–Crippen MR) is 101 cm³/mol. The average molecular weight is 394 g/mol. The number of nitrogens with one attached hydrogen (secondary N) is 1. The van der Waals surface area contributed by atoms with Crippen molar-refractivity contribution in [2.75, 3.05) is 16.8 Å². The van der Waals surface area contributed by atoms with Crippen LogP contribution in [0.15, 0.2) is 51.7 Å². The lowest BCUT2D eigenvalue weighted by Crippen LogP contribution is -2.23. The molecule has 0 aliphatic rings. The number of fused-ring (bicyclic) bond motifs is 1. The molecule has 0 unspecified atom stereocenters. The SMILES string of the molecule is CCSc1nnc(NC(=O)CS(=O)(=O)c2ccc3ccccc3c2)s1. The van der Waals surface area contributed by atoms with Crippen LogP contribution >= 0.6 is 23.1 Å². The Labute approximate surface area is 153 Å². The molecule has 0 saturated carbocycles. The molecule has 0 saturated heterocycles. The Kier molecular flexibility index (Phi) is 5.36. The number of sulfone groups is 1. The van der Waals surface area contributed by atoms with Gasteiger partial charge in [-0.1, -0.05) is 60.4 Å². The number of rotatable bonds is 6. The molecule has 0 radical (unpaired) electrons. The van der Waals surface area contributed by atoms with Gasteiger partial charge in [-0.15, -0.1) is 10.2 Å². The highest BCUT2D eigenvalue weighted by molar-refractivity contribution is 8.01. The summed E-state index contributed by atoms with van der Waals surface area (Å²) in [5.74, 6) is -0.419. The molecule has 0 bridgehead atoms. The summed E-state index contributed by atoms with van der Waals surface area (Å²) < 4.78 is 25.7. The van der Waals surface area contributed by atoms with E-state index in [2.05, 4.69) is 15.5 Å². The molecular weight excluding hydrogens is 378 g/mol. The molecule has 3 aromatic rings. The smallest absolute Gasteiger partial charge is 0.241 e. The highest BCUT2D eigenvalue weighted by Gasteiger charge is 2.20. The largest absolute Gasteiger partial charge is 0.300 e. The van der Waals surface area contributed by atoms with E-state index in [1.807, 2.05) is 31.2 Å². The van der Waals surface area contributed by atoms with Gasteiger partial charge in [0.05, 0.1) is 4.90 Å². The molecule has 3 rings (SSSR count). The average Bonchev–Trinajstić information content (AvgIpc) is 3.01. The molecule has 0 spiro atoms. The van der Waals surface area contributed by atoms with Crippen LogP contribution in [0.1, 0.15) is 6.92 Å². The van der Waals surface area contributed by atoms with Crippen LogP contribution in [0.5, 0.6) is 0 Å². The Morgan fingerprint density at radius 3 is 2.68 bits per heavy atom. The van der Waals surface area contributed by atoms with Gasteiger partial charge in [0.15, 0.2) is 14.2 Å². The number of thioether (sulfide) groups is 1. The van der Waals surface area contributed by atoms with E-state index >= 15 is 0 Å². The number of nitrogens with zero attached hydrogens (tertiary/aromatic N) is 2. The van der Waals surface area contributed by atoms with Crippen molar-refractivity contribution in [2.45, 2.75) is 16.2 Å². The van der Waals surface area contributed by atoms with E-state index in [4.69, 9.17) is 0 Å². The lowest BCUT2D eigenvalue weighted by atomic mass is 10.1. The second kappa shape index (κ2) is 7.51. The summed E-state index contributed by atoms with van der Waals surface area (Å²) in [5, 5.41) is 12.3. The van der Waals surface area contributed by atoms with Crippen molar-refractivity contribution in [3.8, 4) is 0 Å². The van der Waals surface area contributed by atoms with Gasteiger partial charge in [-0.2, -0.15) is 0 Å². The van der Waals surface area contributed by atoms with E-state index in [1.165, 1.54) is 29.2 Å². The van der Waals surface area contributed by atoms with Gasteiger partial charge in [-0.3, -0.25) is 10.1 Å². The molecule has 0 atom stereocenters. The zero-order valence-corrected chi connectivity index (χ0v) is 15.7. The molecule has 0 aliphatic heterocycles. The molecule has 9 heteroatoms. The van der Waals surface area contributed by atoms with E-state index in [-0.39, 0.29) is 4.90 Å². The summed E-state index contributed by atoms with van der Waals surface area (Å²) in [6, 6.07) is 12.3. The molecule has 0 fully saturated rings. The molecule has 1 N–H and O–H groups in total. The second-order valence-corrected chi connectivity index (χ2v) is 9.60. The second-order valence-electron chi connectivity index (χ2n) is 5.12. The highest BCUT2D eigenvalue weighted by Crippen LogP contribution is 2.25. The van der Waals surface area contributed by atoms with Crippen molar-refractivity contribution < 1.29 is 13.2 Å². The van der Waals surface area contributed by atoms with E-state index in [9.17, 15) is 13.2 Å². The minimum atomic E-state index is -3.74. The van der Waals surface area contributed by atoms with Crippen LogP contribution in [-0.2, 0) is 14.6 Å². The molecule has 0 aliphatic carbocycles. The maximum Gasteiger partial charge on any atom is 0.241 e. The molecule has 1 heterocycles. The number of anilines is 1. The van der Waals surface area contributed by atoms with Crippen LogP contribution in [0.3, 0.4) is 0 Å². The molecule has 1 aromatic heterocycles. The Hall–Kier alpha value is -1.97. The Morgan fingerprint density at radius 1 is 1.16 bits per heavy atom. The van der Waals surface area contributed by atoms with Crippen molar-refractivity contribution in [3.05, 3.63) is 42.5 Å². The first-order valence-corrected chi connectivity index (χ1v) is 10.9. The van der Waals surface area contributed by atoms with Gasteiger partial charge in [-0.05, 0) is 28.7 Å². The Balaban J connectivity index is 1.73. The van der Waals surface area contributed by atoms with Gasteiger partial charge in [0.25, 0.3) is 0 Å². The van der Waals surface area contributed by atoms with Crippen molar-refractivity contribution in [3.63, 3.8) is 0 Å². The van der Waals surface area contributed by atoms with Gasteiger partial charge in [-0.25, -0.2) is 8.42 Å². The first-order chi connectivity index (χ1) is 12.0. The molecule has 25 heavy (non-hydrogen) atoms. The molecule has 2 aromatic carbocycles. The Morgan fingerprint density at radius 2 is 1.92 bits per heavy atom. The first-order valence-electron chi connectivity index (χ1n) is 7.45. The topological polar surface area (TPSA) is 89.0 Å². The predicted octanol–water partition coefficient (Wildman–Crippen LogP) is 3.22. The summed E-state index contributed by atoms with van der Waals surface area (Å²) in [5.41, 5.74) is 0. The number of hydrogen-bond acceptors (Lipinski definition) is 7. The fourth-order valence-electron chi connectivity index (χ4n) is 2.21. The van der Waals surface area contributed by atoms with Crippen LogP contribution in [0.2, 0.25) is 0 Å². The van der Waals surface area contributed by atoms with Crippen LogP contribution in [-0.4, -0.2) is 36.0 Å². The van der Waals surface area contributed by atoms with Crippen molar-refractivity contribution in [1.82, 2.24) is 10.2 Å². The fourth-order valence-corrected chi connectivity index (χ4v) is 5.05. The van der Waals surface area contributed by atoms with Crippen LogP contribution in [0.25, 0.3) is 10.8 Å².